The lowest BCUT2D eigenvalue weighted by atomic mass is 9.99. The van der Waals surface area contributed by atoms with Crippen LogP contribution in [-0.4, -0.2) is 21.2 Å². The summed E-state index contributed by atoms with van der Waals surface area (Å²) in [4.78, 5) is 23.9. The van der Waals surface area contributed by atoms with Crippen molar-refractivity contribution in [2.24, 2.45) is 0 Å². The number of fused-ring (bicyclic) bond motifs is 1. The number of benzene rings is 3. The van der Waals surface area contributed by atoms with E-state index in [-0.39, 0.29) is 33.2 Å². The first-order chi connectivity index (χ1) is 14.0. The summed E-state index contributed by atoms with van der Waals surface area (Å²) in [7, 11) is 0. The predicted octanol–water partition coefficient (Wildman–Crippen LogP) is 5.16. The smallest absolute Gasteiger partial charge is 0.284 e. The highest BCUT2D eigenvalue weighted by atomic mass is 35.5. The van der Waals surface area contributed by atoms with Gasteiger partial charge in [0.15, 0.2) is 0 Å². The van der Waals surface area contributed by atoms with E-state index in [0.717, 1.165) is 11.6 Å². The molecule has 0 spiro atoms. The molecular formula is C22H13ClN2O4. The van der Waals surface area contributed by atoms with Crippen LogP contribution in [0.15, 0.2) is 72.8 Å². The summed E-state index contributed by atoms with van der Waals surface area (Å²) in [5.74, 6) is -0.499. The number of nitrogens with zero attached hydrogens (tertiary/aromatic N) is 2. The Morgan fingerprint density at radius 2 is 1.62 bits per heavy atom. The third-order valence-electron chi connectivity index (χ3n) is 4.59. The van der Waals surface area contributed by atoms with Crippen LogP contribution in [-0.2, 0) is 0 Å². The SMILES string of the molecule is O=C1C(c2ccccc2)=[N+]([O-])c2cc([N+](=O)[O-])c(/C(Cl)=C\c3ccccc3)cc21. The van der Waals surface area contributed by atoms with Crippen molar-refractivity contribution in [2.45, 2.75) is 0 Å². The van der Waals surface area contributed by atoms with Crippen molar-refractivity contribution < 1.29 is 14.5 Å². The number of ketones is 1. The molecule has 0 saturated carbocycles. The van der Waals surface area contributed by atoms with Crippen LogP contribution in [0.5, 0.6) is 0 Å². The molecule has 1 aliphatic rings. The second-order valence-corrected chi connectivity index (χ2v) is 6.79. The standard InChI is InChI=1S/C22H13ClN2O4/c23-18(11-14-7-3-1-4-8-14)16-12-17-19(13-20(16)25(28)29)24(27)21(22(17)26)15-9-5-2-6-10-15/h1-13H/b18-11+. The molecule has 0 N–H and O–H groups in total. The highest BCUT2D eigenvalue weighted by molar-refractivity contribution is 6.53. The first-order valence-corrected chi connectivity index (χ1v) is 9.04. The number of hydrogen-bond donors (Lipinski definition) is 0. The Kier molecular flexibility index (Phi) is 4.70. The third kappa shape index (κ3) is 3.30. The Hall–Kier alpha value is -3.77. The number of nitro groups is 1. The van der Waals surface area contributed by atoms with Crippen molar-refractivity contribution in [1.29, 1.82) is 0 Å². The van der Waals surface area contributed by atoms with Gasteiger partial charge >= 0.3 is 0 Å². The van der Waals surface area contributed by atoms with Crippen molar-refractivity contribution >= 4 is 45.6 Å². The number of hydrogen-bond acceptors (Lipinski definition) is 4. The van der Waals surface area contributed by atoms with Gasteiger partial charge < -0.3 is 5.21 Å². The molecule has 0 fully saturated rings. The number of carbonyl (C=O) groups excluding carboxylic acids is 1. The Morgan fingerprint density at radius 1 is 1.00 bits per heavy atom. The fourth-order valence-electron chi connectivity index (χ4n) is 3.23. The second-order valence-electron chi connectivity index (χ2n) is 6.38. The second kappa shape index (κ2) is 7.33. The molecule has 0 aliphatic carbocycles. The highest BCUT2D eigenvalue weighted by Crippen LogP contribution is 2.38. The van der Waals surface area contributed by atoms with Crippen LogP contribution >= 0.6 is 11.6 Å². The maximum Gasteiger partial charge on any atom is 0.284 e. The first-order valence-electron chi connectivity index (χ1n) is 8.67. The molecule has 4 rings (SSSR count). The van der Waals surface area contributed by atoms with E-state index in [0.29, 0.717) is 10.3 Å². The fourth-order valence-corrected chi connectivity index (χ4v) is 3.50. The van der Waals surface area contributed by atoms with E-state index in [1.54, 1.807) is 48.5 Å². The quantitative estimate of drug-likeness (QED) is 0.197. The molecular weight excluding hydrogens is 392 g/mol. The summed E-state index contributed by atoms with van der Waals surface area (Å²) in [5.41, 5.74) is 0.876. The van der Waals surface area contributed by atoms with Gasteiger partial charge in [0.1, 0.15) is 5.56 Å². The normalized spacial score (nSPS) is 13.6. The Morgan fingerprint density at radius 3 is 2.24 bits per heavy atom. The van der Waals surface area contributed by atoms with Gasteiger partial charge in [0.25, 0.3) is 17.2 Å². The lowest BCUT2D eigenvalue weighted by Crippen LogP contribution is -2.16. The number of Topliss-reactive ketones (excluding diaryl/α,β-unsaturated/α-hetero) is 1. The minimum atomic E-state index is -0.615. The van der Waals surface area contributed by atoms with Gasteiger partial charge in [0.05, 0.1) is 27.1 Å². The molecule has 0 radical (unpaired) electrons. The van der Waals surface area contributed by atoms with Crippen molar-refractivity contribution in [3.8, 4) is 0 Å². The van der Waals surface area contributed by atoms with Crippen LogP contribution < -0.4 is 0 Å². The van der Waals surface area contributed by atoms with E-state index in [1.807, 2.05) is 18.2 Å². The van der Waals surface area contributed by atoms with E-state index >= 15 is 0 Å². The van der Waals surface area contributed by atoms with Crippen LogP contribution in [0, 0.1) is 15.3 Å². The number of carbonyl (C=O) groups is 1. The maximum absolute atomic E-state index is 12.9. The average Bonchev–Trinajstić information content (AvgIpc) is 2.98. The third-order valence-corrected chi connectivity index (χ3v) is 4.90. The summed E-state index contributed by atoms with van der Waals surface area (Å²) in [6.45, 7) is 0. The molecule has 0 unspecified atom stereocenters. The van der Waals surface area contributed by atoms with Crippen molar-refractivity contribution in [3.63, 3.8) is 0 Å². The van der Waals surface area contributed by atoms with Crippen LogP contribution in [0.2, 0.25) is 0 Å². The minimum Gasteiger partial charge on any atom is -0.618 e. The van der Waals surface area contributed by atoms with Crippen LogP contribution in [0.1, 0.15) is 27.0 Å². The summed E-state index contributed by atoms with van der Waals surface area (Å²) < 4.78 is 0.443. The van der Waals surface area contributed by atoms with Gasteiger partial charge in [0, 0.05) is 0 Å². The Balaban J connectivity index is 1.87. The van der Waals surface area contributed by atoms with Crippen LogP contribution in [0.3, 0.4) is 0 Å². The largest absolute Gasteiger partial charge is 0.618 e. The van der Waals surface area contributed by atoms with Crippen molar-refractivity contribution in [1.82, 2.24) is 0 Å². The molecule has 1 aliphatic heterocycles. The number of rotatable bonds is 4. The zero-order chi connectivity index (χ0) is 20.5. The summed E-state index contributed by atoms with van der Waals surface area (Å²) in [6.07, 6.45) is 1.58. The minimum absolute atomic E-state index is 0.0616. The lowest BCUT2D eigenvalue weighted by Gasteiger charge is -2.05. The first kappa shape index (κ1) is 18.6. The van der Waals surface area contributed by atoms with E-state index in [2.05, 4.69) is 0 Å². The lowest BCUT2D eigenvalue weighted by molar-refractivity contribution is -0.387. The van der Waals surface area contributed by atoms with Crippen molar-refractivity contribution in [3.05, 3.63) is 110 Å². The molecule has 0 bridgehead atoms. The summed E-state index contributed by atoms with van der Waals surface area (Å²) >= 11 is 6.38. The molecule has 7 heteroatoms. The predicted molar refractivity (Wildman–Crippen MR) is 111 cm³/mol. The van der Waals surface area contributed by atoms with E-state index in [9.17, 15) is 20.1 Å². The number of halogens is 1. The monoisotopic (exact) mass is 404 g/mol. The van der Waals surface area contributed by atoms with Gasteiger partial charge in [-0.2, -0.15) is 4.74 Å². The van der Waals surface area contributed by atoms with Gasteiger partial charge in [-0.15, -0.1) is 0 Å². The zero-order valence-corrected chi connectivity index (χ0v) is 15.7. The summed E-state index contributed by atoms with van der Waals surface area (Å²) in [5, 5.41) is 24.5. The zero-order valence-electron chi connectivity index (χ0n) is 14.9. The molecule has 3 aromatic rings. The maximum atomic E-state index is 12.9. The number of nitro benzene ring substituents is 1. The van der Waals surface area contributed by atoms with E-state index < -0.39 is 10.7 Å². The van der Waals surface area contributed by atoms with Gasteiger partial charge in [-0.3, -0.25) is 14.9 Å². The molecule has 29 heavy (non-hydrogen) atoms. The Bertz CT molecular complexity index is 1200. The van der Waals surface area contributed by atoms with Gasteiger partial charge in [-0.25, -0.2) is 0 Å². The van der Waals surface area contributed by atoms with Gasteiger partial charge in [-0.1, -0.05) is 60.1 Å². The molecule has 142 valence electrons. The van der Waals surface area contributed by atoms with Gasteiger partial charge in [-0.05, 0) is 29.8 Å². The van der Waals surface area contributed by atoms with Crippen LogP contribution in [0.25, 0.3) is 11.1 Å². The van der Waals surface area contributed by atoms with E-state index in [4.69, 9.17) is 11.6 Å². The molecule has 0 saturated heterocycles. The Labute approximate surface area is 170 Å². The average molecular weight is 405 g/mol. The molecule has 0 amide bonds. The highest BCUT2D eigenvalue weighted by Gasteiger charge is 2.39. The van der Waals surface area contributed by atoms with E-state index in [1.165, 1.54) is 6.07 Å². The molecule has 0 atom stereocenters. The molecule has 3 aromatic carbocycles. The molecule has 6 nitrogen and oxygen atoms in total. The van der Waals surface area contributed by atoms with Crippen molar-refractivity contribution in [2.75, 3.05) is 0 Å². The van der Waals surface area contributed by atoms with Crippen LogP contribution in [0.4, 0.5) is 11.4 Å². The summed E-state index contributed by atoms with van der Waals surface area (Å²) in [6, 6.07) is 19.9. The topological polar surface area (TPSA) is 86.3 Å². The molecule has 1 heterocycles. The molecule has 0 aromatic heterocycles. The fraction of sp³-hybridized carbons (Fsp3) is 0. The van der Waals surface area contributed by atoms with Gasteiger partial charge in [0.2, 0.25) is 5.69 Å².